The van der Waals surface area contributed by atoms with Crippen molar-refractivity contribution >= 4 is 29.9 Å². The third-order valence-electron chi connectivity index (χ3n) is 5.32. The molecule has 1 heterocycles. The molecule has 0 saturated carbocycles. The van der Waals surface area contributed by atoms with Crippen LogP contribution >= 0.6 is 24.0 Å². The van der Waals surface area contributed by atoms with Crippen molar-refractivity contribution in [2.45, 2.75) is 59.4 Å². The molecule has 7 heteroatoms. The van der Waals surface area contributed by atoms with E-state index in [9.17, 15) is 0 Å². The van der Waals surface area contributed by atoms with E-state index >= 15 is 0 Å². The van der Waals surface area contributed by atoms with Crippen molar-refractivity contribution in [1.29, 1.82) is 0 Å². The minimum absolute atomic E-state index is 0. The van der Waals surface area contributed by atoms with Crippen molar-refractivity contribution in [3.63, 3.8) is 0 Å². The molecular weight excluding hydrogens is 489 g/mol. The molecule has 1 aromatic heterocycles. The number of guanidine groups is 1. The SMILES string of the molecule is CCNC(=NCc1c(CC)nn(C)c1CC)NCCC(C)c1ccc(OC)cc1.I. The Morgan fingerprint density at radius 1 is 1.13 bits per heavy atom. The minimum atomic E-state index is 0. The Kier molecular flexibility index (Phi) is 11.8. The molecule has 0 aliphatic heterocycles. The van der Waals surface area contributed by atoms with Gasteiger partial charge in [-0.25, -0.2) is 4.99 Å². The molecule has 0 aliphatic carbocycles. The lowest BCUT2D eigenvalue weighted by molar-refractivity contribution is 0.414. The van der Waals surface area contributed by atoms with Crippen LogP contribution in [0.5, 0.6) is 5.75 Å². The number of hydrogen-bond acceptors (Lipinski definition) is 3. The molecule has 2 N–H and O–H groups in total. The van der Waals surface area contributed by atoms with Gasteiger partial charge in [-0.3, -0.25) is 4.68 Å². The number of aryl methyl sites for hydroxylation is 2. The van der Waals surface area contributed by atoms with Crippen LogP contribution in [0.1, 0.15) is 62.5 Å². The van der Waals surface area contributed by atoms with E-state index < -0.39 is 0 Å². The first-order chi connectivity index (χ1) is 14.0. The molecule has 2 rings (SSSR count). The Bertz CT molecular complexity index is 786. The third-order valence-corrected chi connectivity index (χ3v) is 5.32. The number of ether oxygens (including phenoxy) is 1. The van der Waals surface area contributed by atoms with Gasteiger partial charge in [-0.15, -0.1) is 24.0 Å². The van der Waals surface area contributed by atoms with Crippen LogP contribution in [0.4, 0.5) is 0 Å². The van der Waals surface area contributed by atoms with Gasteiger partial charge >= 0.3 is 0 Å². The summed E-state index contributed by atoms with van der Waals surface area (Å²) in [6, 6.07) is 8.33. The smallest absolute Gasteiger partial charge is 0.191 e. The molecule has 0 aliphatic rings. The van der Waals surface area contributed by atoms with Crippen molar-refractivity contribution in [1.82, 2.24) is 20.4 Å². The number of rotatable bonds is 10. The van der Waals surface area contributed by atoms with Crippen LogP contribution in [0.15, 0.2) is 29.3 Å². The topological polar surface area (TPSA) is 63.5 Å². The molecule has 0 spiro atoms. The molecule has 1 unspecified atom stereocenters. The van der Waals surface area contributed by atoms with Crippen molar-refractivity contribution < 1.29 is 4.74 Å². The Labute approximate surface area is 198 Å². The zero-order valence-corrected chi connectivity index (χ0v) is 21.6. The number of nitrogens with zero attached hydrogens (tertiary/aromatic N) is 3. The molecule has 0 radical (unpaired) electrons. The highest BCUT2D eigenvalue weighted by molar-refractivity contribution is 14.0. The summed E-state index contributed by atoms with van der Waals surface area (Å²) >= 11 is 0. The lowest BCUT2D eigenvalue weighted by Gasteiger charge is -2.15. The van der Waals surface area contributed by atoms with E-state index in [2.05, 4.69) is 55.6 Å². The summed E-state index contributed by atoms with van der Waals surface area (Å²) in [6.07, 6.45) is 2.93. The van der Waals surface area contributed by atoms with Crippen LogP contribution in [0.25, 0.3) is 0 Å². The van der Waals surface area contributed by atoms with Gasteiger partial charge in [-0.05, 0) is 49.8 Å². The Hall–Kier alpha value is -1.77. The average Bonchev–Trinajstić information content (AvgIpc) is 3.06. The van der Waals surface area contributed by atoms with Gasteiger partial charge in [-0.2, -0.15) is 5.10 Å². The van der Waals surface area contributed by atoms with Crippen LogP contribution < -0.4 is 15.4 Å². The van der Waals surface area contributed by atoms with Gasteiger partial charge in [0.1, 0.15) is 5.75 Å². The Morgan fingerprint density at radius 2 is 1.83 bits per heavy atom. The highest BCUT2D eigenvalue weighted by Gasteiger charge is 2.13. The van der Waals surface area contributed by atoms with Crippen LogP contribution in [0, 0.1) is 0 Å². The minimum Gasteiger partial charge on any atom is -0.497 e. The normalized spacial score (nSPS) is 12.3. The van der Waals surface area contributed by atoms with E-state index in [0.29, 0.717) is 12.5 Å². The van der Waals surface area contributed by atoms with Gasteiger partial charge in [0.2, 0.25) is 0 Å². The first-order valence-corrected chi connectivity index (χ1v) is 10.7. The van der Waals surface area contributed by atoms with Crippen LogP contribution in [-0.2, 0) is 26.4 Å². The molecule has 1 atom stereocenters. The number of aliphatic imine (C=N–C) groups is 1. The predicted molar refractivity (Wildman–Crippen MR) is 136 cm³/mol. The molecule has 0 bridgehead atoms. The van der Waals surface area contributed by atoms with E-state index in [1.165, 1.54) is 16.8 Å². The Balaban J connectivity index is 0.00000450. The van der Waals surface area contributed by atoms with Crippen molar-refractivity contribution in [2.24, 2.45) is 12.0 Å². The van der Waals surface area contributed by atoms with E-state index in [4.69, 9.17) is 9.73 Å². The molecule has 2 aromatic rings. The van der Waals surface area contributed by atoms with E-state index in [0.717, 1.165) is 49.8 Å². The zero-order chi connectivity index (χ0) is 21.2. The summed E-state index contributed by atoms with van der Waals surface area (Å²) in [4.78, 5) is 4.83. The van der Waals surface area contributed by atoms with Gasteiger partial charge in [0.25, 0.3) is 0 Å². The van der Waals surface area contributed by atoms with Gasteiger partial charge in [-0.1, -0.05) is 32.9 Å². The van der Waals surface area contributed by atoms with Gasteiger partial charge < -0.3 is 15.4 Å². The highest BCUT2D eigenvalue weighted by atomic mass is 127. The number of methoxy groups -OCH3 is 1. The van der Waals surface area contributed by atoms with Crippen LogP contribution in [0.3, 0.4) is 0 Å². The second-order valence-corrected chi connectivity index (χ2v) is 7.29. The lowest BCUT2D eigenvalue weighted by Crippen LogP contribution is -2.38. The van der Waals surface area contributed by atoms with E-state index in [1.807, 2.05) is 23.9 Å². The van der Waals surface area contributed by atoms with Crippen LogP contribution in [0.2, 0.25) is 0 Å². The van der Waals surface area contributed by atoms with Crippen molar-refractivity contribution in [3.8, 4) is 5.75 Å². The maximum absolute atomic E-state index is 5.24. The number of halogens is 1. The van der Waals surface area contributed by atoms with Gasteiger partial charge in [0.15, 0.2) is 5.96 Å². The van der Waals surface area contributed by atoms with Crippen molar-refractivity contribution in [3.05, 3.63) is 46.8 Å². The number of benzene rings is 1. The second kappa shape index (κ2) is 13.5. The molecule has 0 fully saturated rings. The summed E-state index contributed by atoms with van der Waals surface area (Å²) in [5.74, 6) is 2.23. The van der Waals surface area contributed by atoms with Gasteiger partial charge in [0, 0.05) is 31.4 Å². The summed E-state index contributed by atoms with van der Waals surface area (Å²) in [5.41, 5.74) is 5.01. The fourth-order valence-corrected chi connectivity index (χ4v) is 3.58. The number of aromatic nitrogens is 2. The predicted octanol–water partition coefficient (Wildman–Crippen LogP) is 4.42. The highest BCUT2D eigenvalue weighted by Crippen LogP contribution is 2.21. The Morgan fingerprint density at radius 3 is 2.40 bits per heavy atom. The molecule has 0 saturated heterocycles. The first kappa shape index (κ1) is 26.3. The molecule has 30 heavy (non-hydrogen) atoms. The lowest BCUT2D eigenvalue weighted by atomic mass is 9.98. The molecule has 0 amide bonds. The van der Waals surface area contributed by atoms with E-state index in [-0.39, 0.29) is 24.0 Å². The van der Waals surface area contributed by atoms with Crippen LogP contribution in [-0.4, -0.2) is 35.9 Å². The molecule has 1 aromatic carbocycles. The summed E-state index contributed by atoms with van der Waals surface area (Å²) in [7, 11) is 3.72. The quantitative estimate of drug-likeness (QED) is 0.273. The summed E-state index contributed by atoms with van der Waals surface area (Å²) in [5, 5.41) is 11.5. The maximum Gasteiger partial charge on any atom is 0.191 e. The molecule has 168 valence electrons. The van der Waals surface area contributed by atoms with Gasteiger partial charge in [0.05, 0.1) is 19.3 Å². The fraction of sp³-hybridized carbons (Fsp3) is 0.565. The standard InChI is InChI=1S/C23H37N5O.HI/c1-7-21-20(22(8-2)28(5)27-21)16-26-23(24-9-3)25-15-14-17(4)18-10-12-19(29-6)13-11-18;/h10-13,17H,7-9,14-16H2,1-6H3,(H2,24,25,26);1H. The molecular formula is C23H38IN5O. The summed E-state index contributed by atoms with van der Waals surface area (Å²) < 4.78 is 7.24. The second-order valence-electron chi connectivity index (χ2n) is 7.29. The first-order valence-electron chi connectivity index (χ1n) is 10.7. The zero-order valence-electron chi connectivity index (χ0n) is 19.3. The maximum atomic E-state index is 5.24. The third kappa shape index (κ3) is 7.18. The molecule has 6 nitrogen and oxygen atoms in total. The number of hydrogen-bond donors (Lipinski definition) is 2. The average molecular weight is 527 g/mol. The monoisotopic (exact) mass is 527 g/mol. The fourth-order valence-electron chi connectivity index (χ4n) is 3.58. The van der Waals surface area contributed by atoms with E-state index in [1.54, 1.807) is 7.11 Å². The largest absolute Gasteiger partial charge is 0.497 e. The summed E-state index contributed by atoms with van der Waals surface area (Å²) in [6.45, 7) is 11.0. The van der Waals surface area contributed by atoms with Crippen molar-refractivity contribution in [2.75, 3.05) is 20.2 Å². The number of nitrogens with one attached hydrogen (secondary N) is 2.